The van der Waals surface area contributed by atoms with Crippen LogP contribution in [0.3, 0.4) is 0 Å². The van der Waals surface area contributed by atoms with Gasteiger partial charge in [0.1, 0.15) is 5.69 Å². The van der Waals surface area contributed by atoms with E-state index in [9.17, 15) is 18.0 Å². The SMILES string of the molecule is Cc1c(NS(=O)(=O)c2ccc(C(=O)N3CCCC[C@@H]3C)cc2)c(=O)n(-c2ccccc2)n1C. The zero-order chi connectivity index (χ0) is 23.8. The van der Waals surface area contributed by atoms with Crippen molar-refractivity contribution in [2.75, 3.05) is 11.3 Å². The van der Waals surface area contributed by atoms with Gasteiger partial charge >= 0.3 is 0 Å². The molecule has 0 saturated carbocycles. The summed E-state index contributed by atoms with van der Waals surface area (Å²) >= 11 is 0. The highest BCUT2D eigenvalue weighted by atomic mass is 32.2. The van der Waals surface area contributed by atoms with Crippen LogP contribution in [0.1, 0.15) is 42.2 Å². The molecule has 0 unspecified atom stereocenters. The molecule has 2 aromatic carbocycles. The van der Waals surface area contributed by atoms with Gasteiger partial charge in [0.25, 0.3) is 21.5 Å². The summed E-state index contributed by atoms with van der Waals surface area (Å²) in [6.07, 6.45) is 3.06. The second-order valence-electron chi connectivity index (χ2n) is 8.41. The van der Waals surface area contributed by atoms with E-state index in [1.54, 1.807) is 42.9 Å². The van der Waals surface area contributed by atoms with Gasteiger partial charge in [-0.25, -0.2) is 13.1 Å². The van der Waals surface area contributed by atoms with Gasteiger partial charge in [0.15, 0.2) is 0 Å². The van der Waals surface area contributed by atoms with Gasteiger partial charge in [-0.2, -0.15) is 0 Å². The van der Waals surface area contributed by atoms with E-state index in [4.69, 9.17) is 0 Å². The maximum atomic E-state index is 13.0. The minimum absolute atomic E-state index is 0.0105. The number of likely N-dealkylation sites (tertiary alicyclic amines) is 1. The molecular weight excluding hydrogens is 440 g/mol. The summed E-state index contributed by atoms with van der Waals surface area (Å²) in [6.45, 7) is 4.42. The van der Waals surface area contributed by atoms with Crippen LogP contribution in [-0.4, -0.2) is 41.2 Å². The molecule has 0 radical (unpaired) electrons. The van der Waals surface area contributed by atoms with E-state index in [1.165, 1.54) is 28.9 Å². The molecule has 3 aromatic rings. The average Bonchev–Trinajstić information content (AvgIpc) is 3.02. The molecule has 1 aromatic heterocycles. The molecule has 1 fully saturated rings. The van der Waals surface area contributed by atoms with Gasteiger partial charge in [0.05, 0.1) is 16.3 Å². The average molecular weight is 469 g/mol. The van der Waals surface area contributed by atoms with Crippen molar-refractivity contribution in [2.24, 2.45) is 7.05 Å². The number of hydrogen-bond donors (Lipinski definition) is 1. The van der Waals surface area contributed by atoms with Crippen LogP contribution in [-0.2, 0) is 17.1 Å². The predicted molar refractivity (Wildman–Crippen MR) is 127 cm³/mol. The number of carbonyl (C=O) groups excluding carboxylic acids is 1. The first-order chi connectivity index (χ1) is 15.7. The Balaban J connectivity index is 1.60. The molecule has 1 saturated heterocycles. The molecule has 2 heterocycles. The first kappa shape index (κ1) is 22.8. The molecule has 0 bridgehead atoms. The number of aromatic nitrogens is 2. The minimum atomic E-state index is -4.02. The van der Waals surface area contributed by atoms with Crippen LogP contribution in [0.2, 0.25) is 0 Å². The standard InChI is InChI=1S/C24H28N4O4S/c1-17-9-7-8-16-27(17)23(29)19-12-14-21(15-13-19)33(31,32)25-22-18(2)26(3)28(24(22)30)20-10-5-4-6-11-20/h4-6,10-15,17,25H,7-9,16H2,1-3H3/t17-/m0/s1. The van der Waals surface area contributed by atoms with Crippen molar-refractivity contribution in [2.45, 2.75) is 44.0 Å². The van der Waals surface area contributed by atoms with Crippen molar-refractivity contribution in [1.29, 1.82) is 0 Å². The Labute approximate surface area is 193 Å². The highest BCUT2D eigenvalue weighted by Crippen LogP contribution is 2.22. The number of anilines is 1. The van der Waals surface area contributed by atoms with Gasteiger partial charge in [-0.05, 0) is 69.5 Å². The highest BCUT2D eigenvalue weighted by Gasteiger charge is 2.26. The molecule has 0 spiro atoms. The van der Waals surface area contributed by atoms with E-state index >= 15 is 0 Å². The molecule has 33 heavy (non-hydrogen) atoms. The van der Waals surface area contributed by atoms with Crippen molar-refractivity contribution < 1.29 is 13.2 Å². The number of nitrogens with zero attached hydrogens (tertiary/aromatic N) is 3. The zero-order valence-electron chi connectivity index (χ0n) is 19.0. The number of para-hydroxylation sites is 1. The summed E-state index contributed by atoms with van der Waals surface area (Å²) in [5.74, 6) is -0.0937. The number of amides is 1. The normalized spacial score (nSPS) is 16.6. The van der Waals surface area contributed by atoms with Crippen molar-refractivity contribution in [3.05, 3.63) is 76.2 Å². The molecule has 1 N–H and O–H groups in total. The Kier molecular flexibility index (Phi) is 6.16. The minimum Gasteiger partial charge on any atom is -0.336 e. The number of hydrogen-bond acceptors (Lipinski definition) is 4. The fourth-order valence-electron chi connectivity index (χ4n) is 4.22. The quantitative estimate of drug-likeness (QED) is 0.622. The second-order valence-corrected chi connectivity index (χ2v) is 10.1. The van der Waals surface area contributed by atoms with Crippen molar-refractivity contribution in [3.8, 4) is 5.69 Å². The van der Waals surface area contributed by atoms with Gasteiger partial charge in [-0.3, -0.25) is 19.0 Å². The first-order valence-electron chi connectivity index (χ1n) is 11.0. The maximum Gasteiger partial charge on any atom is 0.296 e. The summed E-state index contributed by atoms with van der Waals surface area (Å²) in [7, 11) is -2.33. The smallest absolute Gasteiger partial charge is 0.296 e. The van der Waals surface area contributed by atoms with Gasteiger partial charge in [0, 0.05) is 25.2 Å². The summed E-state index contributed by atoms with van der Waals surface area (Å²) in [5.41, 5.74) is 1.09. The Bertz CT molecular complexity index is 1330. The van der Waals surface area contributed by atoms with E-state index in [0.717, 1.165) is 19.3 Å². The largest absolute Gasteiger partial charge is 0.336 e. The number of sulfonamides is 1. The van der Waals surface area contributed by atoms with Crippen LogP contribution in [0.5, 0.6) is 0 Å². The van der Waals surface area contributed by atoms with Crippen molar-refractivity contribution >= 4 is 21.6 Å². The molecule has 9 heteroatoms. The molecule has 8 nitrogen and oxygen atoms in total. The Morgan fingerprint density at radius 1 is 1.03 bits per heavy atom. The van der Waals surface area contributed by atoms with Crippen LogP contribution in [0.4, 0.5) is 5.69 Å². The molecule has 0 aliphatic carbocycles. The Morgan fingerprint density at radius 3 is 2.33 bits per heavy atom. The van der Waals surface area contributed by atoms with E-state index in [0.29, 0.717) is 23.5 Å². The molecule has 1 amide bonds. The first-order valence-corrected chi connectivity index (χ1v) is 12.5. The monoisotopic (exact) mass is 468 g/mol. The van der Waals surface area contributed by atoms with Crippen molar-refractivity contribution in [1.82, 2.24) is 14.3 Å². The van der Waals surface area contributed by atoms with Gasteiger partial charge in [-0.1, -0.05) is 18.2 Å². The third kappa shape index (κ3) is 4.32. The van der Waals surface area contributed by atoms with Crippen LogP contribution < -0.4 is 10.3 Å². The lowest BCUT2D eigenvalue weighted by molar-refractivity contribution is 0.0635. The maximum absolute atomic E-state index is 13.0. The fourth-order valence-corrected chi connectivity index (χ4v) is 5.34. The number of carbonyl (C=O) groups is 1. The number of rotatable bonds is 5. The zero-order valence-corrected chi connectivity index (χ0v) is 19.8. The summed E-state index contributed by atoms with van der Waals surface area (Å²) in [4.78, 5) is 27.7. The van der Waals surface area contributed by atoms with E-state index in [1.807, 2.05) is 17.9 Å². The predicted octanol–water partition coefficient (Wildman–Crippen LogP) is 3.30. The van der Waals surface area contributed by atoms with Crippen LogP contribution >= 0.6 is 0 Å². The lowest BCUT2D eigenvalue weighted by Gasteiger charge is -2.33. The van der Waals surface area contributed by atoms with Crippen LogP contribution in [0.25, 0.3) is 5.69 Å². The molecular formula is C24H28N4O4S. The Hall–Kier alpha value is -3.33. The third-order valence-electron chi connectivity index (χ3n) is 6.27. The fraction of sp³-hybridized carbons (Fsp3) is 0.333. The van der Waals surface area contributed by atoms with E-state index in [2.05, 4.69) is 4.72 Å². The summed E-state index contributed by atoms with van der Waals surface area (Å²) < 4.78 is 31.5. The topological polar surface area (TPSA) is 93.4 Å². The molecule has 1 atom stereocenters. The lowest BCUT2D eigenvalue weighted by Crippen LogP contribution is -2.42. The van der Waals surface area contributed by atoms with E-state index in [-0.39, 0.29) is 22.5 Å². The highest BCUT2D eigenvalue weighted by molar-refractivity contribution is 7.92. The Morgan fingerprint density at radius 2 is 1.70 bits per heavy atom. The van der Waals surface area contributed by atoms with Crippen LogP contribution in [0.15, 0.2) is 64.3 Å². The third-order valence-corrected chi connectivity index (χ3v) is 7.63. The number of benzene rings is 2. The van der Waals surface area contributed by atoms with Gasteiger partial charge < -0.3 is 4.90 Å². The molecule has 1 aliphatic heterocycles. The molecule has 1 aliphatic rings. The van der Waals surface area contributed by atoms with Crippen LogP contribution in [0, 0.1) is 6.92 Å². The number of nitrogens with one attached hydrogen (secondary N) is 1. The number of piperidine rings is 1. The van der Waals surface area contributed by atoms with Gasteiger partial charge in [-0.15, -0.1) is 0 Å². The molecule has 4 rings (SSSR count). The second kappa shape index (κ2) is 8.90. The molecule has 174 valence electrons. The summed E-state index contributed by atoms with van der Waals surface area (Å²) in [5, 5.41) is 0. The summed E-state index contributed by atoms with van der Waals surface area (Å²) in [6, 6.07) is 15.0. The lowest BCUT2D eigenvalue weighted by atomic mass is 10.0. The van der Waals surface area contributed by atoms with Gasteiger partial charge in [0.2, 0.25) is 0 Å². The van der Waals surface area contributed by atoms with E-state index < -0.39 is 15.6 Å². The van der Waals surface area contributed by atoms with Crippen molar-refractivity contribution in [3.63, 3.8) is 0 Å².